The second-order valence-corrected chi connectivity index (χ2v) is 7.87. The molecule has 138 valence electrons. The Morgan fingerprint density at radius 1 is 0.815 bits per heavy atom. The van der Waals surface area contributed by atoms with Gasteiger partial charge in [0, 0.05) is 11.3 Å². The van der Waals surface area contributed by atoms with Gasteiger partial charge in [0.05, 0.1) is 18.8 Å². The molecule has 1 saturated heterocycles. The van der Waals surface area contributed by atoms with Crippen LogP contribution in [0.25, 0.3) is 10.8 Å². The molecule has 2 fully saturated rings. The zero-order valence-electron chi connectivity index (χ0n) is 14.7. The summed E-state index contributed by atoms with van der Waals surface area (Å²) in [5.74, 6) is 0.518. The Morgan fingerprint density at radius 3 is 2.11 bits per heavy atom. The van der Waals surface area contributed by atoms with E-state index in [1.54, 1.807) is 12.1 Å². The van der Waals surface area contributed by atoms with Crippen molar-refractivity contribution in [2.75, 3.05) is 13.2 Å². The van der Waals surface area contributed by atoms with E-state index in [4.69, 9.17) is 4.74 Å². The van der Waals surface area contributed by atoms with Gasteiger partial charge in [-0.25, -0.2) is 0 Å². The number of rotatable bonds is 2. The van der Waals surface area contributed by atoms with Gasteiger partial charge in [-0.05, 0) is 46.4 Å². The molecule has 0 bridgehead atoms. The van der Waals surface area contributed by atoms with E-state index >= 15 is 0 Å². The van der Waals surface area contributed by atoms with E-state index in [-0.39, 0.29) is 17.3 Å². The fraction of sp³-hybridized carbons (Fsp3) is 0.304. The van der Waals surface area contributed by atoms with Gasteiger partial charge in [0.25, 0.3) is 0 Å². The molecule has 0 N–H and O–H groups in total. The molecule has 27 heavy (non-hydrogen) atoms. The lowest BCUT2D eigenvalue weighted by atomic mass is 9.49. The Labute approximate surface area is 155 Å². The van der Waals surface area contributed by atoms with Gasteiger partial charge < -0.3 is 4.74 Å². The summed E-state index contributed by atoms with van der Waals surface area (Å²) in [5.41, 5.74) is 1.79. The zero-order valence-corrected chi connectivity index (χ0v) is 14.7. The summed E-state index contributed by atoms with van der Waals surface area (Å²) < 4.78 is 44.1. The summed E-state index contributed by atoms with van der Waals surface area (Å²) in [4.78, 5) is 0. The molecule has 1 aliphatic carbocycles. The highest BCUT2D eigenvalue weighted by molar-refractivity contribution is 5.83. The molecule has 1 heterocycles. The quantitative estimate of drug-likeness (QED) is 0.527. The van der Waals surface area contributed by atoms with Crippen molar-refractivity contribution < 1.29 is 17.9 Å². The Morgan fingerprint density at radius 2 is 1.48 bits per heavy atom. The van der Waals surface area contributed by atoms with E-state index in [2.05, 4.69) is 30.3 Å². The monoisotopic (exact) mass is 368 g/mol. The summed E-state index contributed by atoms with van der Waals surface area (Å²) in [6.45, 7) is 1.48. The van der Waals surface area contributed by atoms with Gasteiger partial charge in [0.15, 0.2) is 0 Å². The zero-order chi connectivity index (χ0) is 18.6. The normalized spacial score (nSPS) is 23.8. The Hall–Kier alpha value is -2.33. The average Bonchev–Trinajstić information content (AvgIpc) is 2.59. The van der Waals surface area contributed by atoms with Gasteiger partial charge in [-0.2, -0.15) is 13.2 Å². The van der Waals surface area contributed by atoms with Crippen molar-refractivity contribution in [2.45, 2.75) is 24.4 Å². The third kappa shape index (κ3) is 2.66. The standard InChI is InChI=1S/C23H19F3O/c24-23(25,26)19-9-7-16(8-10-19)20-12-22(13-27-14-22)21(20)18-6-5-15-3-1-2-4-17(15)11-18/h1-11,20-21H,12-14H2. The van der Waals surface area contributed by atoms with Crippen LogP contribution in [0.5, 0.6) is 0 Å². The Bertz CT molecular complexity index is 986. The average molecular weight is 368 g/mol. The van der Waals surface area contributed by atoms with Crippen molar-refractivity contribution in [3.63, 3.8) is 0 Å². The lowest BCUT2D eigenvalue weighted by Crippen LogP contribution is -2.57. The van der Waals surface area contributed by atoms with Gasteiger partial charge in [-0.3, -0.25) is 0 Å². The van der Waals surface area contributed by atoms with Crippen molar-refractivity contribution in [1.29, 1.82) is 0 Å². The van der Waals surface area contributed by atoms with Gasteiger partial charge in [0.1, 0.15) is 0 Å². The minimum absolute atomic E-state index is 0.135. The molecule has 5 rings (SSSR count). The van der Waals surface area contributed by atoms with E-state index in [9.17, 15) is 13.2 Å². The fourth-order valence-electron chi connectivity index (χ4n) is 4.83. The van der Waals surface area contributed by atoms with Crippen LogP contribution in [-0.2, 0) is 10.9 Å². The van der Waals surface area contributed by atoms with Gasteiger partial charge in [-0.1, -0.05) is 54.6 Å². The first-order chi connectivity index (χ1) is 13.0. The summed E-state index contributed by atoms with van der Waals surface area (Å²) in [7, 11) is 0. The van der Waals surface area contributed by atoms with Crippen LogP contribution in [0.4, 0.5) is 13.2 Å². The maximum absolute atomic E-state index is 12.9. The molecule has 0 amide bonds. The predicted molar refractivity (Wildman–Crippen MR) is 98.7 cm³/mol. The molecular formula is C23H19F3O. The number of benzene rings is 3. The van der Waals surface area contributed by atoms with Crippen LogP contribution in [-0.4, -0.2) is 13.2 Å². The van der Waals surface area contributed by atoms with Gasteiger partial charge >= 0.3 is 6.18 Å². The van der Waals surface area contributed by atoms with Crippen molar-refractivity contribution in [3.8, 4) is 0 Å². The van der Waals surface area contributed by atoms with Crippen molar-refractivity contribution in [2.24, 2.45) is 5.41 Å². The molecule has 1 nitrogen and oxygen atoms in total. The van der Waals surface area contributed by atoms with E-state index < -0.39 is 11.7 Å². The molecular weight excluding hydrogens is 349 g/mol. The van der Waals surface area contributed by atoms with Crippen LogP contribution in [0, 0.1) is 5.41 Å². The topological polar surface area (TPSA) is 9.23 Å². The Balaban J connectivity index is 1.51. The van der Waals surface area contributed by atoms with Gasteiger partial charge in [0.2, 0.25) is 0 Å². The maximum atomic E-state index is 12.9. The fourth-order valence-corrected chi connectivity index (χ4v) is 4.83. The van der Waals surface area contributed by atoms with Gasteiger partial charge in [-0.15, -0.1) is 0 Å². The highest BCUT2D eigenvalue weighted by atomic mass is 19.4. The predicted octanol–water partition coefficient (Wildman–Crippen LogP) is 6.15. The van der Waals surface area contributed by atoms with Crippen molar-refractivity contribution in [1.82, 2.24) is 0 Å². The van der Waals surface area contributed by atoms with E-state index in [0.717, 1.165) is 25.2 Å². The third-order valence-electron chi connectivity index (χ3n) is 6.27. The summed E-state index contributed by atoms with van der Waals surface area (Å²) in [6, 6.07) is 20.5. The highest BCUT2D eigenvalue weighted by Gasteiger charge is 2.58. The molecule has 2 unspecified atom stereocenters. The largest absolute Gasteiger partial charge is 0.416 e. The number of alkyl halides is 3. The van der Waals surface area contributed by atoms with Crippen LogP contribution >= 0.6 is 0 Å². The number of ether oxygens (including phenoxy) is 1. The first-order valence-electron chi connectivity index (χ1n) is 9.20. The first kappa shape index (κ1) is 16.8. The SMILES string of the molecule is FC(F)(F)c1ccc(C2CC3(COC3)C2c2ccc3ccccc3c2)cc1. The maximum Gasteiger partial charge on any atom is 0.416 e. The number of hydrogen-bond acceptors (Lipinski definition) is 1. The molecule has 0 aromatic heterocycles. The van der Waals surface area contributed by atoms with Crippen LogP contribution in [0.15, 0.2) is 66.7 Å². The lowest BCUT2D eigenvalue weighted by Gasteiger charge is -2.60. The minimum Gasteiger partial charge on any atom is -0.380 e. The molecule has 0 radical (unpaired) electrons. The van der Waals surface area contributed by atoms with E-state index in [1.807, 2.05) is 12.1 Å². The summed E-state index contributed by atoms with van der Waals surface area (Å²) >= 11 is 0. The minimum atomic E-state index is -4.29. The molecule has 3 aromatic carbocycles. The molecule has 2 aliphatic rings. The van der Waals surface area contributed by atoms with E-state index in [1.165, 1.54) is 28.5 Å². The second kappa shape index (κ2) is 5.83. The smallest absolute Gasteiger partial charge is 0.380 e. The molecule has 1 aliphatic heterocycles. The first-order valence-corrected chi connectivity index (χ1v) is 9.20. The molecule has 1 spiro atoms. The second-order valence-electron chi connectivity index (χ2n) is 7.87. The number of fused-ring (bicyclic) bond motifs is 1. The molecule has 1 saturated carbocycles. The molecule has 2 atom stereocenters. The van der Waals surface area contributed by atoms with Crippen molar-refractivity contribution in [3.05, 3.63) is 83.4 Å². The number of halogens is 3. The van der Waals surface area contributed by atoms with Crippen LogP contribution < -0.4 is 0 Å². The van der Waals surface area contributed by atoms with E-state index in [0.29, 0.717) is 0 Å². The third-order valence-corrected chi connectivity index (χ3v) is 6.27. The number of hydrogen-bond donors (Lipinski definition) is 0. The van der Waals surface area contributed by atoms with Crippen LogP contribution in [0.1, 0.15) is 34.9 Å². The van der Waals surface area contributed by atoms with Crippen LogP contribution in [0.2, 0.25) is 0 Å². The highest BCUT2D eigenvalue weighted by Crippen LogP contribution is 2.64. The Kier molecular flexibility index (Phi) is 3.63. The van der Waals surface area contributed by atoms with Crippen LogP contribution in [0.3, 0.4) is 0 Å². The lowest BCUT2D eigenvalue weighted by molar-refractivity contribution is -0.181. The molecule has 3 aromatic rings. The summed E-state index contributed by atoms with van der Waals surface area (Å²) in [6.07, 6.45) is -3.32. The van der Waals surface area contributed by atoms with Crippen molar-refractivity contribution >= 4 is 10.8 Å². The summed E-state index contributed by atoms with van der Waals surface area (Å²) in [5, 5.41) is 2.40. The molecule has 4 heteroatoms.